The Morgan fingerprint density at radius 1 is 1.29 bits per heavy atom. The molecule has 17 heavy (non-hydrogen) atoms. The van der Waals surface area contributed by atoms with Crippen LogP contribution in [0.5, 0.6) is 0 Å². The van der Waals surface area contributed by atoms with E-state index in [0.717, 1.165) is 0 Å². The smallest absolute Gasteiger partial charge is 0.407 e. The SMILES string of the molecule is CC(=O)NC(CNC(=O)OC(C)(C)C)C(=O)O. The average molecular weight is 246 g/mol. The van der Waals surface area contributed by atoms with E-state index in [0.29, 0.717) is 0 Å². The van der Waals surface area contributed by atoms with Crippen LogP contribution < -0.4 is 10.6 Å². The van der Waals surface area contributed by atoms with Crippen molar-refractivity contribution >= 4 is 18.0 Å². The van der Waals surface area contributed by atoms with E-state index in [1.165, 1.54) is 6.92 Å². The summed E-state index contributed by atoms with van der Waals surface area (Å²) in [5, 5.41) is 13.2. The van der Waals surface area contributed by atoms with Crippen molar-refractivity contribution < 1.29 is 24.2 Å². The van der Waals surface area contributed by atoms with Crippen LogP contribution in [0.1, 0.15) is 27.7 Å². The van der Waals surface area contributed by atoms with Crippen molar-refractivity contribution in [1.29, 1.82) is 0 Å². The molecule has 0 aliphatic heterocycles. The summed E-state index contributed by atoms with van der Waals surface area (Å²) in [5.41, 5.74) is -0.656. The fraction of sp³-hybridized carbons (Fsp3) is 0.700. The lowest BCUT2D eigenvalue weighted by Crippen LogP contribution is -2.48. The van der Waals surface area contributed by atoms with E-state index in [9.17, 15) is 14.4 Å². The zero-order chi connectivity index (χ0) is 13.6. The van der Waals surface area contributed by atoms with Gasteiger partial charge in [-0.25, -0.2) is 9.59 Å². The number of alkyl carbamates (subject to hydrolysis) is 1. The predicted molar refractivity (Wildman–Crippen MR) is 59.5 cm³/mol. The van der Waals surface area contributed by atoms with Gasteiger partial charge in [-0.15, -0.1) is 0 Å². The number of carbonyl (C=O) groups is 3. The van der Waals surface area contributed by atoms with E-state index in [2.05, 4.69) is 10.6 Å². The van der Waals surface area contributed by atoms with Gasteiger partial charge in [-0.2, -0.15) is 0 Å². The van der Waals surface area contributed by atoms with Crippen LogP contribution in [0.2, 0.25) is 0 Å². The van der Waals surface area contributed by atoms with Crippen LogP contribution in [0.25, 0.3) is 0 Å². The third-order valence-electron chi connectivity index (χ3n) is 1.52. The van der Waals surface area contributed by atoms with Gasteiger partial charge < -0.3 is 20.5 Å². The fourth-order valence-corrected chi connectivity index (χ4v) is 0.945. The van der Waals surface area contributed by atoms with Crippen molar-refractivity contribution in [3.63, 3.8) is 0 Å². The van der Waals surface area contributed by atoms with E-state index in [4.69, 9.17) is 9.84 Å². The molecule has 98 valence electrons. The first-order chi connectivity index (χ1) is 7.61. The highest BCUT2D eigenvalue weighted by atomic mass is 16.6. The average Bonchev–Trinajstić information content (AvgIpc) is 2.08. The van der Waals surface area contributed by atoms with Crippen molar-refractivity contribution in [1.82, 2.24) is 10.6 Å². The van der Waals surface area contributed by atoms with E-state index in [1.807, 2.05) is 0 Å². The number of carbonyl (C=O) groups excluding carboxylic acids is 2. The van der Waals surface area contributed by atoms with Crippen LogP contribution in [-0.2, 0) is 14.3 Å². The summed E-state index contributed by atoms with van der Waals surface area (Å²) in [6.45, 7) is 6.03. The Morgan fingerprint density at radius 3 is 2.18 bits per heavy atom. The van der Waals surface area contributed by atoms with Gasteiger partial charge in [-0.3, -0.25) is 4.79 Å². The number of amides is 2. The van der Waals surface area contributed by atoms with Crippen LogP contribution in [0.15, 0.2) is 0 Å². The Bertz CT molecular complexity index is 308. The van der Waals surface area contributed by atoms with Crippen molar-refractivity contribution in [2.24, 2.45) is 0 Å². The summed E-state index contributed by atoms with van der Waals surface area (Å²) in [5.74, 6) is -1.71. The second-order valence-electron chi connectivity index (χ2n) is 4.47. The van der Waals surface area contributed by atoms with E-state index in [-0.39, 0.29) is 6.54 Å². The van der Waals surface area contributed by atoms with Crippen molar-refractivity contribution in [3.8, 4) is 0 Å². The van der Waals surface area contributed by atoms with Gasteiger partial charge in [0.15, 0.2) is 0 Å². The maximum Gasteiger partial charge on any atom is 0.407 e. The largest absolute Gasteiger partial charge is 0.480 e. The zero-order valence-corrected chi connectivity index (χ0v) is 10.4. The molecule has 0 heterocycles. The second-order valence-corrected chi connectivity index (χ2v) is 4.47. The quantitative estimate of drug-likeness (QED) is 0.652. The molecule has 1 unspecified atom stereocenters. The van der Waals surface area contributed by atoms with Gasteiger partial charge in [-0.1, -0.05) is 0 Å². The Hall–Kier alpha value is -1.79. The molecule has 3 N–H and O–H groups in total. The maximum absolute atomic E-state index is 11.2. The van der Waals surface area contributed by atoms with Crippen LogP contribution >= 0.6 is 0 Å². The summed E-state index contributed by atoms with van der Waals surface area (Å²) in [4.78, 5) is 32.7. The van der Waals surface area contributed by atoms with Gasteiger partial charge in [-0.05, 0) is 20.8 Å². The minimum Gasteiger partial charge on any atom is -0.480 e. The Morgan fingerprint density at radius 2 is 1.82 bits per heavy atom. The summed E-state index contributed by atoms with van der Waals surface area (Å²) in [6.07, 6.45) is -0.728. The lowest BCUT2D eigenvalue weighted by atomic mass is 10.2. The van der Waals surface area contributed by atoms with E-state index >= 15 is 0 Å². The molecule has 0 saturated heterocycles. The molecular weight excluding hydrogens is 228 g/mol. The first-order valence-electron chi connectivity index (χ1n) is 5.08. The molecule has 0 saturated carbocycles. The van der Waals surface area contributed by atoms with Crippen LogP contribution in [0.4, 0.5) is 4.79 Å². The Balaban J connectivity index is 4.18. The standard InChI is InChI=1S/C10H18N2O5/c1-6(13)12-7(8(14)15)5-11-9(16)17-10(2,3)4/h7H,5H2,1-4H3,(H,11,16)(H,12,13)(H,14,15). The van der Waals surface area contributed by atoms with Crippen molar-refractivity contribution in [2.45, 2.75) is 39.3 Å². The summed E-state index contributed by atoms with van der Waals surface area (Å²) < 4.78 is 4.92. The monoisotopic (exact) mass is 246 g/mol. The zero-order valence-electron chi connectivity index (χ0n) is 10.4. The number of carboxylic acids is 1. The van der Waals surface area contributed by atoms with Crippen LogP contribution in [0.3, 0.4) is 0 Å². The normalized spacial score (nSPS) is 12.5. The highest BCUT2D eigenvalue weighted by Crippen LogP contribution is 2.06. The van der Waals surface area contributed by atoms with Crippen molar-refractivity contribution in [3.05, 3.63) is 0 Å². The molecule has 1 atom stereocenters. The Kier molecular flexibility index (Phi) is 5.43. The molecule has 0 fully saturated rings. The lowest BCUT2D eigenvalue weighted by Gasteiger charge is -2.21. The highest BCUT2D eigenvalue weighted by Gasteiger charge is 2.21. The lowest BCUT2D eigenvalue weighted by molar-refractivity contribution is -0.141. The third-order valence-corrected chi connectivity index (χ3v) is 1.52. The van der Waals surface area contributed by atoms with Crippen molar-refractivity contribution in [2.75, 3.05) is 6.54 Å². The van der Waals surface area contributed by atoms with Crippen LogP contribution in [-0.4, -0.2) is 41.3 Å². The van der Waals surface area contributed by atoms with Gasteiger partial charge in [0.25, 0.3) is 0 Å². The third kappa shape index (κ3) is 8.06. The molecule has 0 aromatic rings. The molecule has 0 aliphatic rings. The summed E-state index contributed by atoms with van der Waals surface area (Å²) in [6, 6.07) is -1.17. The first-order valence-corrected chi connectivity index (χ1v) is 5.08. The number of hydrogen-bond donors (Lipinski definition) is 3. The molecule has 0 aliphatic carbocycles. The van der Waals surface area contributed by atoms with E-state index < -0.39 is 29.6 Å². The molecule has 0 aromatic heterocycles. The number of aliphatic carboxylic acids is 1. The first kappa shape index (κ1) is 15.2. The number of ether oxygens (including phenoxy) is 1. The molecule has 0 aromatic carbocycles. The molecule has 0 rings (SSSR count). The summed E-state index contributed by atoms with van der Waals surface area (Å²) in [7, 11) is 0. The fourth-order valence-electron chi connectivity index (χ4n) is 0.945. The second kappa shape index (κ2) is 6.07. The molecule has 0 radical (unpaired) electrons. The van der Waals surface area contributed by atoms with E-state index in [1.54, 1.807) is 20.8 Å². The number of hydrogen-bond acceptors (Lipinski definition) is 4. The minimum absolute atomic E-state index is 0.232. The van der Waals surface area contributed by atoms with Gasteiger partial charge in [0.2, 0.25) is 5.91 Å². The van der Waals surface area contributed by atoms with Gasteiger partial charge in [0.1, 0.15) is 11.6 Å². The van der Waals surface area contributed by atoms with Crippen LogP contribution in [0, 0.1) is 0 Å². The Labute approximate surface area is 99.5 Å². The highest BCUT2D eigenvalue weighted by molar-refractivity contribution is 5.82. The molecule has 7 nitrogen and oxygen atoms in total. The number of rotatable bonds is 4. The molecule has 7 heteroatoms. The predicted octanol–water partition coefficient (Wildman–Crippen LogP) is 0.100. The molecule has 0 spiro atoms. The molecule has 0 bridgehead atoms. The number of carboxylic acid groups (broad SMARTS) is 1. The minimum atomic E-state index is -1.23. The number of nitrogens with one attached hydrogen (secondary N) is 2. The summed E-state index contributed by atoms with van der Waals surface area (Å²) >= 11 is 0. The van der Waals surface area contributed by atoms with Gasteiger partial charge in [0, 0.05) is 6.92 Å². The van der Waals surface area contributed by atoms with Gasteiger partial charge in [0.05, 0.1) is 6.54 Å². The molecular formula is C10H18N2O5. The topological polar surface area (TPSA) is 105 Å². The maximum atomic E-state index is 11.2. The van der Waals surface area contributed by atoms with Gasteiger partial charge >= 0.3 is 12.1 Å². The molecule has 2 amide bonds.